The average Bonchev–Trinajstić information content (AvgIpc) is 2.47. The van der Waals surface area contributed by atoms with Gasteiger partial charge >= 0.3 is 0 Å². The molecule has 1 aliphatic heterocycles. The van der Waals surface area contributed by atoms with E-state index >= 15 is 0 Å². The van der Waals surface area contributed by atoms with Crippen LogP contribution in [0.2, 0.25) is 0 Å². The van der Waals surface area contributed by atoms with Gasteiger partial charge in [-0.15, -0.1) is 0 Å². The van der Waals surface area contributed by atoms with Crippen LogP contribution in [0.25, 0.3) is 0 Å². The fraction of sp³-hybridized carbons (Fsp3) is 1.00. The van der Waals surface area contributed by atoms with Crippen molar-refractivity contribution in [1.82, 2.24) is 9.80 Å². The lowest BCUT2D eigenvalue weighted by molar-refractivity contribution is -0.0132. The second-order valence-electron chi connectivity index (χ2n) is 5.81. The smallest absolute Gasteiger partial charge is 0.0590 e. The van der Waals surface area contributed by atoms with E-state index in [2.05, 4.69) is 30.6 Å². The number of rotatable bonds is 8. The van der Waals surface area contributed by atoms with Gasteiger partial charge in [0.25, 0.3) is 0 Å². The number of ether oxygens (including phenoxy) is 1. The van der Waals surface area contributed by atoms with Crippen LogP contribution < -0.4 is 5.73 Å². The number of nitrogens with zero attached hydrogens (tertiary/aromatic N) is 2. The minimum atomic E-state index is 0.180. The summed E-state index contributed by atoms with van der Waals surface area (Å²) in [5, 5.41) is 0. The number of piperidine rings is 1. The van der Waals surface area contributed by atoms with Crippen molar-refractivity contribution in [2.45, 2.75) is 51.6 Å². The zero-order valence-electron chi connectivity index (χ0n) is 13.3. The molecule has 4 nitrogen and oxygen atoms in total. The first kappa shape index (κ1) is 16.9. The predicted molar refractivity (Wildman–Crippen MR) is 81.5 cm³/mol. The zero-order chi connectivity index (χ0) is 14.3. The molecule has 4 heteroatoms. The Balaban J connectivity index is 2.77. The molecule has 1 aliphatic rings. The third-order valence-electron chi connectivity index (χ3n) is 4.88. The maximum atomic E-state index is 6.19. The van der Waals surface area contributed by atoms with Crippen LogP contribution in [-0.2, 0) is 4.74 Å². The number of hydrogen-bond acceptors (Lipinski definition) is 4. The largest absolute Gasteiger partial charge is 0.383 e. The highest BCUT2D eigenvalue weighted by Crippen LogP contribution is 2.30. The molecule has 0 spiro atoms. The molecule has 0 radical (unpaired) electrons. The van der Waals surface area contributed by atoms with E-state index in [-0.39, 0.29) is 5.54 Å². The van der Waals surface area contributed by atoms with Gasteiger partial charge < -0.3 is 15.4 Å². The van der Waals surface area contributed by atoms with Crippen LogP contribution >= 0.6 is 0 Å². The van der Waals surface area contributed by atoms with Crippen molar-refractivity contribution in [3.63, 3.8) is 0 Å². The summed E-state index contributed by atoms with van der Waals surface area (Å²) in [7, 11) is 1.78. The number of methoxy groups -OCH3 is 1. The highest BCUT2D eigenvalue weighted by molar-refractivity contribution is 4.97. The lowest BCUT2D eigenvalue weighted by Gasteiger charge is -2.50. The summed E-state index contributed by atoms with van der Waals surface area (Å²) in [6.45, 7) is 12.9. The van der Waals surface area contributed by atoms with E-state index < -0.39 is 0 Å². The molecule has 0 aromatic carbocycles. The van der Waals surface area contributed by atoms with Crippen LogP contribution in [0.15, 0.2) is 0 Å². The van der Waals surface area contributed by atoms with Crippen LogP contribution in [0.3, 0.4) is 0 Å². The van der Waals surface area contributed by atoms with Gasteiger partial charge in [0.1, 0.15) is 0 Å². The fourth-order valence-electron chi connectivity index (χ4n) is 3.23. The van der Waals surface area contributed by atoms with Gasteiger partial charge in [0.05, 0.1) is 6.61 Å². The summed E-state index contributed by atoms with van der Waals surface area (Å²) in [4.78, 5) is 5.14. The molecule has 0 amide bonds. The minimum absolute atomic E-state index is 0.180. The Hall–Kier alpha value is -0.160. The zero-order valence-corrected chi connectivity index (χ0v) is 13.3. The second-order valence-corrected chi connectivity index (χ2v) is 5.81. The average molecular weight is 271 g/mol. The van der Waals surface area contributed by atoms with E-state index in [0.717, 1.165) is 26.2 Å². The molecule has 1 heterocycles. The van der Waals surface area contributed by atoms with E-state index in [0.29, 0.717) is 6.04 Å². The Morgan fingerprint density at radius 3 is 2.37 bits per heavy atom. The minimum Gasteiger partial charge on any atom is -0.383 e. The highest BCUT2D eigenvalue weighted by Gasteiger charge is 2.39. The van der Waals surface area contributed by atoms with Gasteiger partial charge in [-0.1, -0.05) is 13.8 Å². The summed E-state index contributed by atoms with van der Waals surface area (Å²) < 4.78 is 5.30. The first-order chi connectivity index (χ1) is 9.13. The topological polar surface area (TPSA) is 41.7 Å². The monoisotopic (exact) mass is 271 g/mol. The standard InChI is InChI=1S/C15H33N3O/c1-5-14(3)18(11-12-19-4)15(13-16)7-9-17(6-2)10-8-15/h14H,5-13,16H2,1-4H3. The maximum absolute atomic E-state index is 6.19. The van der Waals surface area contributed by atoms with Crippen molar-refractivity contribution < 1.29 is 4.74 Å². The van der Waals surface area contributed by atoms with Gasteiger partial charge in [0, 0.05) is 31.8 Å². The van der Waals surface area contributed by atoms with Crippen molar-refractivity contribution in [2.24, 2.45) is 5.73 Å². The molecule has 1 rings (SSSR count). The Morgan fingerprint density at radius 2 is 1.95 bits per heavy atom. The molecule has 114 valence electrons. The van der Waals surface area contributed by atoms with Gasteiger partial charge in [-0.25, -0.2) is 0 Å². The molecule has 1 saturated heterocycles. The summed E-state index contributed by atoms with van der Waals surface area (Å²) in [5.74, 6) is 0. The SMILES string of the molecule is CCC(C)N(CCOC)C1(CN)CCN(CC)CC1. The summed E-state index contributed by atoms with van der Waals surface area (Å²) >= 11 is 0. The normalized spacial score (nSPS) is 21.8. The summed E-state index contributed by atoms with van der Waals surface area (Å²) in [5.41, 5.74) is 6.37. The van der Waals surface area contributed by atoms with Gasteiger partial charge in [-0.3, -0.25) is 4.90 Å². The summed E-state index contributed by atoms with van der Waals surface area (Å²) in [6, 6.07) is 0.576. The van der Waals surface area contributed by atoms with Crippen LogP contribution in [0.5, 0.6) is 0 Å². The van der Waals surface area contributed by atoms with Gasteiger partial charge in [0.15, 0.2) is 0 Å². The molecule has 1 fully saturated rings. The molecule has 19 heavy (non-hydrogen) atoms. The Bertz CT molecular complexity index is 240. The summed E-state index contributed by atoms with van der Waals surface area (Å²) in [6.07, 6.45) is 3.54. The van der Waals surface area contributed by atoms with E-state index in [1.807, 2.05) is 0 Å². The van der Waals surface area contributed by atoms with Crippen molar-refractivity contribution in [1.29, 1.82) is 0 Å². The van der Waals surface area contributed by atoms with Crippen LogP contribution in [-0.4, -0.2) is 67.8 Å². The molecular formula is C15H33N3O. The van der Waals surface area contributed by atoms with Crippen LogP contribution in [0.1, 0.15) is 40.0 Å². The van der Waals surface area contributed by atoms with Crippen molar-refractivity contribution in [3.8, 4) is 0 Å². The maximum Gasteiger partial charge on any atom is 0.0590 e. The van der Waals surface area contributed by atoms with Gasteiger partial charge in [-0.2, -0.15) is 0 Å². The number of hydrogen-bond donors (Lipinski definition) is 1. The molecule has 1 unspecified atom stereocenters. The molecule has 0 aromatic heterocycles. The van der Waals surface area contributed by atoms with Crippen LogP contribution in [0.4, 0.5) is 0 Å². The first-order valence-electron chi connectivity index (χ1n) is 7.81. The molecular weight excluding hydrogens is 238 g/mol. The molecule has 1 atom stereocenters. The highest BCUT2D eigenvalue weighted by atomic mass is 16.5. The number of nitrogens with two attached hydrogens (primary N) is 1. The molecule has 0 saturated carbocycles. The van der Waals surface area contributed by atoms with Crippen LogP contribution in [0, 0.1) is 0 Å². The van der Waals surface area contributed by atoms with Gasteiger partial charge in [0.2, 0.25) is 0 Å². The third-order valence-corrected chi connectivity index (χ3v) is 4.88. The third kappa shape index (κ3) is 4.15. The van der Waals surface area contributed by atoms with Crippen molar-refractivity contribution in [3.05, 3.63) is 0 Å². The predicted octanol–water partition coefficient (Wildman–Crippen LogP) is 1.55. The van der Waals surface area contributed by atoms with E-state index in [1.165, 1.54) is 32.4 Å². The lowest BCUT2D eigenvalue weighted by Crippen LogP contribution is -2.62. The molecule has 0 aromatic rings. The van der Waals surface area contributed by atoms with E-state index in [4.69, 9.17) is 10.5 Å². The van der Waals surface area contributed by atoms with Crippen molar-refractivity contribution in [2.75, 3.05) is 46.4 Å². The molecule has 0 aliphatic carbocycles. The first-order valence-corrected chi connectivity index (χ1v) is 7.81. The second kappa shape index (κ2) is 8.20. The lowest BCUT2D eigenvalue weighted by atomic mass is 9.84. The Labute approximate surface area is 119 Å². The number of likely N-dealkylation sites (tertiary alicyclic amines) is 1. The van der Waals surface area contributed by atoms with Gasteiger partial charge in [-0.05, 0) is 45.8 Å². The van der Waals surface area contributed by atoms with E-state index in [1.54, 1.807) is 7.11 Å². The van der Waals surface area contributed by atoms with Crippen molar-refractivity contribution >= 4 is 0 Å². The molecule has 2 N–H and O–H groups in total. The van der Waals surface area contributed by atoms with E-state index in [9.17, 15) is 0 Å². The quantitative estimate of drug-likeness (QED) is 0.727. The molecule has 0 bridgehead atoms. The Kier molecular flexibility index (Phi) is 7.29. The fourth-order valence-corrected chi connectivity index (χ4v) is 3.23. The Morgan fingerprint density at radius 1 is 1.32 bits per heavy atom.